The lowest BCUT2D eigenvalue weighted by Gasteiger charge is -1.93. The summed E-state index contributed by atoms with van der Waals surface area (Å²) in [4.78, 5) is 10.4. The molecule has 0 aliphatic carbocycles. The van der Waals surface area contributed by atoms with Gasteiger partial charge >= 0.3 is 0 Å². The van der Waals surface area contributed by atoms with Crippen LogP contribution in [0, 0.1) is 0 Å². The molecular formula is C10H20Cl2O. The standard InChI is InChI=1S/C8H16O.C2H4Cl2/c1-3-4-5-6-7-8(2)9;3-1-2-4/h3-7H2,1-2H3;1-2H2. The van der Waals surface area contributed by atoms with E-state index in [1.54, 1.807) is 6.92 Å². The topological polar surface area (TPSA) is 17.1 Å². The third-order valence-electron chi connectivity index (χ3n) is 1.45. The van der Waals surface area contributed by atoms with Gasteiger partial charge in [0.1, 0.15) is 5.78 Å². The van der Waals surface area contributed by atoms with Crippen LogP contribution < -0.4 is 0 Å². The van der Waals surface area contributed by atoms with E-state index in [0.29, 0.717) is 17.5 Å². The number of Topliss-reactive ketones (excluding diaryl/α,β-unsaturated/α-hetero) is 1. The van der Waals surface area contributed by atoms with E-state index in [4.69, 9.17) is 23.2 Å². The number of hydrogen-bond acceptors (Lipinski definition) is 1. The predicted octanol–water partition coefficient (Wildman–Crippen LogP) is 4.01. The average Bonchev–Trinajstić information content (AvgIpc) is 2.13. The Kier molecular flexibility index (Phi) is 17.8. The summed E-state index contributed by atoms with van der Waals surface area (Å²) in [6, 6.07) is 0. The first kappa shape index (κ1) is 15.7. The molecule has 0 fully saturated rings. The summed E-state index contributed by atoms with van der Waals surface area (Å²) in [5, 5.41) is 0. The lowest BCUT2D eigenvalue weighted by Crippen LogP contribution is -1.88. The van der Waals surface area contributed by atoms with Gasteiger partial charge in [0.2, 0.25) is 0 Å². The van der Waals surface area contributed by atoms with Crippen molar-refractivity contribution in [3.63, 3.8) is 0 Å². The molecule has 0 aliphatic heterocycles. The van der Waals surface area contributed by atoms with Gasteiger partial charge in [-0.05, 0) is 13.3 Å². The van der Waals surface area contributed by atoms with Gasteiger partial charge in [-0.15, -0.1) is 23.2 Å². The minimum absolute atomic E-state index is 0.325. The van der Waals surface area contributed by atoms with Gasteiger partial charge in [-0.1, -0.05) is 26.2 Å². The van der Waals surface area contributed by atoms with Crippen molar-refractivity contribution >= 4 is 29.0 Å². The highest BCUT2D eigenvalue weighted by atomic mass is 35.5. The van der Waals surface area contributed by atoms with E-state index >= 15 is 0 Å². The molecule has 0 N–H and O–H groups in total. The molecule has 0 saturated heterocycles. The Morgan fingerprint density at radius 3 is 1.92 bits per heavy atom. The summed E-state index contributed by atoms with van der Waals surface area (Å²) in [5.74, 6) is 1.44. The van der Waals surface area contributed by atoms with E-state index in [-0.39, 0.29) is 0 Å². The number of hydrogen-bond donors (Lipinski definition) is 0. The second-order valence-electron chi connectivity index (χ2n) is 2.89. The zero-order valence-electron chi connectivity index (χ0n) is 8.61. The summed E-state index contributed by atoms with van der Waals surface area (Å²) in [7, 11) is 0. The van der Waals surface area contributed by atoms with Crippen molar-refractivity contribution in [1.29, 1.82) is 0 Å². The Bertz CT molecular complexity index is 103. The quantitative estimate of drug-likeness (QED) is 0.495. The van der Waals surface area contributed by atoms with E-state index < -0.39 is 0 Å². The maximum Gasteiger partial charge on any atom is 0.129 e. The van der Waals surface area contributed by atoms with Crippen LogP contribution in [0.15, 0.2) is 0 Å². The van der Waals surface area contributed by atoms with Gasteiger partial charge in [0.05, 0.1) is 0 Å². The van der Waals surface area contributed by atoms with E-state index in [9.17, 15) is 4.79 Å². The maximum absolute atomic E-state index is 10.4. The highest BCUT2D eigenvalue weighted by molar-refractivity contribution is 6.25. The average molecular weight is 227 g/mol. The molecule has 80 valence electrons. The number of carbonyl (C=O) groups is 1. The normalized spacial score (nSPS) is 8.92. The number of ketones is 1. The Labute approximate surface area is 91.8 Å². The molecule has 0 rings (SSSR count). The van der Waals surface area contributed by atoms with Crippen LogP contribution in [0.1, 0.15) is 46.0 Å². The molecule has 0 aliphatic rings. The number of halogens is 2. The fourth-order valence-corrected chi connectivity index (χ4v) is 0.801. The summed E-state index contributed by atoms with van der Waals surface area (Å²) in [6.07, 6.45) is 5.60. The van der Waals surface area contributed by atoms with E-state index in [1.807, 2.05) is 0 Å². The van der Waals surface area contributed by atoms with Gasteiger partial charge in [0.25, 0.3) is 0 Å². The molecule has 0 radical (unpaired) electrons. The molecule has 3 heteroatoms. The first-order valence-electron chi connectivity index (χ1n) is 4.80. The molecule has 0 aromatic rings. The highest BCUT2D eigenvalue weighted by Crippen LogP contribution is 2.01. The minimum atomic E-state index is 0.325. The van der Waals surface area contributed by atoms with Gasteiger partial charge in [-0.3, -0.25) is 0 Å². The lowest BCUT2D eigenvalue weighted by molar-refractivity contribution is -0.117. The van der Waals surface area contributed by atoms with E-state index in [2.05, 4.69) is 6.92 Å². The lowest BCUT2D eigenvalue weighted by atomic mass is 10.1. The third-order valence-corrected chi connectivity index (χ3v) is 2.03. The minimum Gasteiger partial charge on any atom is -0.300 e. The first-order valence-corrected chi connectivity index (χ1v) is 5.87. The fraction of sp³-hybridized carbons (Fsp3) is 0.900. The monoisotopic (exact) mass is 226 g/mol. The van der Waals surface area contributed by atoms with Crippen LogP contribution in [-0.2, 0) is 4.79 Å². The van der Waals surface area contributed by atoms with Crippen molar-refractivity contribution in [2.24, 2.45) is 0 Å². The Morgan fingerprint density at radius 2 is 1.62 bits per heavy atom. The van der Waals surface area contributed by atoms with Crippen molar-refractivity contribution in [2.45, 2.75) is 46.0 Å². The predicted molar refractivity (Wildman–Crippen MR) is 60.9 cm³/mol. The molecule has 0 amide bonds. The smallest absolute Gasteiger partial charge is 0.129 e. The molecule has 0 atom stereocenters. The van der Waals surface area contributed by atoms with Crippen molar-refractivity contribution in [3.05, 3.63) is 0 Å². The van der Waals surface area contributed by atoms with Gasteiger partial charge < -0.3 is 4.79 Å². The molecule has 0 saturated carbocycles. The van der Waals surface area contributed by atoms with Crippen molar-refractivity contribution in [3.8, 4) is 0 Å². The molecule has 0 unspecified atom stereocenters. The number of alkyl halides is 2. The maximum atomic E-state index is 10.4. The number of carbonyl (C=O) groups excluding carboxylic acids is 1. The Hall–Kier alpha value is 0.250. The van der Waals surface area contributed by atoms with Gasteiger partial charge in [0.15, 0.2) is 0 Å². The van der Waals surface area contributed by atoms with Crippen molar-refractivity contribution < 1.29 is 4.79 Å². The third kappa shape index (κ3) is 24.5. The first-order chi connectivity index (χ1) is 6.18. The molecular weight excluding hydrogens is 207 g/mol. The summed E-state index contributed by atoms with van der Waals surface area (Å²) >= 11 is 10.1. The van der Waals surface area contributed by atoms with Gasteiger partial charge in [0, 0.05) is 18.2 Å². The van der Waals surface area contributed by atoms with Crippen LogP contribution in [0.2, 0.25) is 0 Å². The molecule has 0 heterocycles. The summed E-state index contributed by atoms with van der Waals surface area (Å²) < 4.78 is 0. The molecule has 0 bridgehead atoms. The van der Waals surface area contributed by atoms with Crippen LogP contribution in [0.4, 0.5) is 0 Å². The van der Waals surface area contributed by atoms with Crippen LogP contribution in [0.5, 0.6) is 0 Å². The van der Waals surface area contributed by atoms with Crippen molar-refractivity contribution in [2.75, 3.05) is 11.8 Å². The SMILES string of the molecule is CCCCCCC(C)=O.ClCCCl. The zero-order chi connectivity index (χ0) is 10.5. The van der Waals surface area contributed by atoms with Gasteiger partial charge in [-0.25, -0.2) is 0 Å². The van der Waals surface area contributed by atoms with Crippen LogP contribution in [-0.4, -0.2) is 17.5 Å². The molecule has 1 nitrogen and oxygen atoms in total. The molecule has 0 aromatic heterocycles. The van der Waals surface area contributed by atoms with Crippen molar-refractivity contribution in [1.82, 2.24) is 0 Å². The number of unbranched alkanes of at least 4 members (excludes halogenated alkanes) is 3. The fourth-order valence-electron chi connectivity index (χ4n) is 0.801. The highest BCUT2D eigenvalue weighted by Gasteiger charge is 1.91. The summed E-state index contributed by atoms with van der Waals surface area (Å²) in [6.45, 7) is 3.83. The Balaban J connectivity index is 0. The largest absolute Gasteiger partial charge is 0.300 e. The van der Waals surface area contributed by atoms with Crippen LogP contribution >= 0.6 is 23.2 Å². The summed E-state index contributed by atoms with van der Waals surface area (Å²) in [5.41, 5.74) is 0. The second kappa shape index (κ2) is 14.8. The molecule has 0 spiro atoms. The molecule has 0 aromatic carbocycles. The van der Waals surface area contributed by atoms with E-state index in [0.717, 1.165) is 12.8 Å². The van der Waals surface area contributed by atoms with Crippen LogP contribution in [0.3, 0.4) is 0 Å². The zero-order valence-corrected chi connectivity index (χ0v) is 10.1. The molecule has 13 heavy (non-hydrogen) atoms. The van der Waals surface area contributed by atoms with E-state index in [1.165, 1.54) is 19.3 Å². The Morgan fingerprint density at radius 1 is 1.08 bits per heavy atom. The number of rotatable bonds is 6. The van der Waals surface area contributed by atoms with Crippen LogP contribution in [0.25, 0.3) is 0 Å². The van der Waals surface area contributed by atoms with Gasteiger partial charge in [-0.2, -0.15) is 0 Å². The second-order valence-corrected chi connectivity index (χ2v) is 3.65.